The number of benzene rings is 3. The summed E-state index contributed by atoms with van der Waals surface area (Å²) in [6.45, 7) is 1.71. The lowest BCUT2D eigenvalue weighted by Crippen LogP contribution is -2.15. The van der Waals surface area contributed by atoms with Crippen LogP contribution in [-0.4, -0.2) is 26.4 Å². The number of hydrogen-bond acceptors (Lipinski definition) is 6. The van der Waals surface area contributed by atoms with E-state index in [4.69, 9.17) is 4.74 Å². The molecule has 0 aromatic heterocycles. The van der Waals surface area contributed by atoms with Gasteiger partial charge in [-0.15, -0.1) is 0 Å². The van der Waals surface area contributed by atoms with E-state index < -0.39 is 26.7 Å². The van der Waals surface area contributed by atoms with Crippen LogP contribution in [-0.2, 0) is 10.0 Å². The van der Waals surface area contributed by atoms with E-state index in [2.05, 4.69) is 10.0 Å². The Kier molecular flexibility index (Phi) is 6.40. The minimum atomic E-state index is -4.14. The number of nitro benzene ring substituents is 1. The number of nitro groups is 1. The summed E-state index contributed by atoms with van der Waals surface area (Å²) in [5.74, 6) is -0.952. The van der Waals surface area contributed by atoms with Gasteiger partial charge in [0.15, 0.2) is 0 Å². The van der Waals surface area contributed by atoms with Crippen LogP contribution < -0.4 is 14.8 Å². The largest absolute Gasteiger partial charge is 0.495 e. The molecule has 1 amide bonds. The van der Waals surface area contributed by atoms with Crippen molar-refractivity contribution < 1.29 is 27.3 Å². The molecule has 0 atom stereocenters. The number of carbonyl (C=O) groups excluding carboxylic acids is 1. The summed E-state index contributed by atoms with van der Waals surface area (Å²) < 4.78 is 46.2. The van der Waals surface area contributed by atoms with Crippen LogP contribution in [0, 0.1) is 22.9 Å². The number of rotatable bonds is 7. The molecule has 0 saturated carbocycles. The highest BCUT2D eigenvalue weighted by Gasteiger charge is 2.20. The standard InChI is InChI=1S/C21H18FN3O6S/c1-13-3-6-15(22)11-18(13)23-21(26)14-4-8-17(9-5-14)32(29,30)24-19-12-16(25(27)28)7-10-20(19)31-2/h3-12,24H,1-2H3,(H,23,26). The Hall–Kier alpha value is -3.99. The van der Waals surface area contributed by atoms with Crippen LogP contribution in [0.4, 0.5) is 21.5 Å². The number of anilines is 2. The quantitative estimate of drug-likeness (QED) is 0.404. The Bertz CT molecular complexity index is 1290. The van der Waals surface area contributed by atoms with Crippen molar-refractivity contribution in [3.8, 4) is 5.75 Å². The molecule has 0 heterocycles. The molecule has 0 aliphatic rings. The number of nitrogens with one attached hydrogen (secondary N) is 2. The summed E-state index contributed by atoms with van der Waals surface area (Å²) in [4.78, 5) is 22.6. The zero-order chi connectivity index (χ0) is 23.5. The fourth-order valence-corrected chi connectivity index (χ4v) is 3.86. The van der Waals surface area contributed by atoms with Gasteiger partial charge in [-0.05, 0) is 55.0 Å². The van der Waals surface area contributed by atoms with Crippen molar-refractivity contribution in [3.05, 3.63) is 87.7 Å². The Balaban J connectivity index is 1.82. The van der Waals surface area contributed by atoms with Crippen molar-refractivity contribution in [2.75, 3.05) is 17.1 Å². The molecule has 0 aliphatic carbocycles. The third-order valence-electron chi connectivity index (χ3n) is 4.51. The molecular weight excluding hydrogens is 441 g/mol. The lowest BCUT2D eigenvalue weighted by Gasteiger charge is -2.12. The Morgan fingerprint density at radius 2 is 1.72 bits per heavy atom. The summed E-state index contributed by atoms with van der Waals surface area (Å²) in [7, 11) is -2.84. The SMILES string of the molecule is COc1ccc([N+](=O)[O-])cc1NS(=O)(=O)c1ccc(C(=O)Nc2cc(F)ccc2C)cc1. The van der Waals surface area contributed by atoms with Crippen LogP contribution in [0.3, 0.4) is 0 Å². The van der Waals surface area contributed by atoms with E-state index in [0.717, 1.165) is 6.07 Å². The van der Waals surface area contributed by atoms with E-state index in [1.807, 2.05) is 0 Å². The topological polar surface area (TPSA) is 128 Å². The second-order valence-electron chi connectivity index (χ2n) is 6.68. The van der Waals surface area contributed by atoms with Crippen LogP contribution in [0.15, 0.2) is 65.6 Å². The van der Waals surface area contributed by atoms with E-state index in [-0.39, 0.29) is 27.6 Å². The molecule has 3 rings (SSSR count). The van der Waals surface area contributed by atoms with Gasteiger partial charge < -0.3 is 10.1 Å². The lowest BCUT2D eigenvalue weighted by atomic mass is 10.1. The minimum Gasteiger partial charge on any atom is -0.495 e. The Labute approximate surface area is 183 Å². The van der Waals surface area contributed by atoms with Gasteiger partial charge in [0.2, 0.25) is 0 Å². The van der Waals surface area contributed by atoms with E-state index in [9.17, 15) is 27.7 Å². The van der Waals surface area contributed by atoms with Crippen molar-refractivity contribution in [2.24, 2.45) is 0 Å². The molecule has 9 nitrogen and oxygen atoms in total. The van der Waals surface area contributed by atoms with E-state index in [0.29, 0.717) is 11.3 Å². The summed E-state index contributed by atoms with van der Waals surface area (Å²) in [6, 6.07) is 12.5. The number of methoxy groups -OCH3 is 1. The van der Waals surface area contributed by atoms with Gasteiger partial charge in [0, 0.05) is 23.4 Å². The predicted molar refractivity (Wildman–Crippen MR) is 116 cm³/mol. The highest BCUT2D eigenvalue weighted by atomic mass is 32.2. The number of non-ortho nitro benzene ring substituents is 1. The summed E-state index contributed by atoms with van der Waals surface area (Å²) >= 11 is 0. The average Bonchev–Trinajstić information content (AvgIpc) is 2.76. The zero-order valence-corrected chi connectivity index (χ0v) is 17.8. The molecule has 0 unspecified atom stereocenters. The van der Waals surface area contributed by atoms with Crippen LogP contribution in [0.2, 0.25) is 0 Å². The van der Waals surface area contributed by atoms with Crippen LogP contribution in [0.5, 0.6) is 5.75 Å². The van der Waals surface area contributed by atoms with Gasteiger partial charge in [-0.2, -0.15) is 0 Å². The molecule has 0 aliphatic heterocycles. The number of amides is 1. The first-order valence-corrected chi connectivity index (χ1v) is 10.6. The third-order valence-corrected chi connectivity index (χ3v) is 5.89. The molecule has 32 heavy (non-hydrogen) atoms. The molecule has 3 aromatic carbocycles. The first-order chi connectivity index (χ1) is 15.1. The smallest absolute Gasteiger partial charge is 0.271 e. The average molecular weight is 459 g/mol. The normalized spacial score (nSPS) is 11.0. The molecule has 0 radical (unpaired) electrons. The minimum absolute atomic E-state index is 0.0978. The first kappa shape index (κ1) is 22.7. The van der Waals surface area contributed by atoms with Gasteiger partial charge >= 0.3 is 0 Å². The molecule has 3 aromatic rings. The maximum Gasteiger partial charge on any atom is 0.271 e. The fraction of sp³-hybridized carbons (Fsp3) is 0.0952. The number of hydrogen-bond donors (Lipinski definition) is 2. The number of nitrogens with zero attached hydrogens (tertiary/aromatic N) is 1. The molecule has 11 heteroatoms. The third kappa shape index (κ3) is 5.01. The molecule has 166 valence electrons. The van der Waals surface area contributed by atoms with Gasteiger partial charge in [0.05, 0.1) is 22.6 Å². The van der Waals surface area contributed by atoms with Gasteiger partial charge in [-0.1, -0.05) is 6.07 Å². The Morgan fingerprint density at radius 1 is 1.03 bits per heavy atom. The lowest BCUT2D eigenvalue weighted by molar-refractivity contribution is -0.384. The van der Waals surface area contributed by atoms with Crippen LogP contribution >= 0.6 is 0 Å². The predicted octanol–water partition coefficient (Wildman–Crippen LogP) is 4.10. The van der Waals surface area contributed by atoms with Crippen molar-refractivity contribution in [2.45, 2.75) is 11.8 Å². The van der Waals surface area contributed by atoms with Crippen LogP contribution in [0.1, 0.15) is 15.9 Å². The zero-order valence-electron chi connectivity index (χ0n) is 17.0. The van der Waals surface area contributed by atoms with Gasteiger partial charge in [0.25, 0.3) is 21.6 Å². The molecule has 0 spiro atoms. The molecule has 0 fully saturated rings. The number of aryl methyl sites for hydroxylation is 1. The molecular formula is C21H18FN3O6S. The van der Waals surface area contributed by atoms with Crippen molar-refractivity contribution in [1.29, 1.82) is 0 Å². The summed E-state index contributed by atoms with van der Waals surface area (Å²) in [5.41, 5.74) is 0.689. The Morgan fingerprint density at radius 3 is 2.34 bits per heavy atom. The van der Waals surface area contributed by atoms with Crippen LogP contribution in [0.25, 0.3) is 0 Å². The molecule has 0 saturated heterocycles. The number of sulfonamides is 1. The monoisotopic (exact) mass is 459 g/mol. The van der Waals surface area contributed by atoms with Crippen molar-refractivity contribution >= 4 is 33.0 Å². The first-order valence-electron chi connectivity index (χ1n) is 9.13. The van der Waals surface area contributed by atoms with E-state index in [1.54, 1.807) is 6.92 Å². The maximum absolute atomic E-state index is 13.4. The fourth-order valence-electron chi connectivity index (χ4n) is 2.80. The maximum atomic E-state index is 13.4. The van der Waals surface area contributed by atoms with E-state index >= 15 is 0 Å². The second kappa shape index (κ2) is 9.02. The summed E-state index contributed by atoms with van der Waals surface area (Å²) in [5, 5.41) is 13.6. The second-order valence-corrected chi connectivity index (χ2v) is 8.37. The summed E-state index contributed by atoms with van der Waals surface area (Å²) in [6.07, 6.45) is 0. The van der Waals surface area contributed by atoms with Gasteiger partial charge in [-0.25, -0.2) is 12.8 Å². The van der Waals surface area contributed by atoms with Crippen molar-refractivity contribution in [1.82, 2.24) is 0 Å². The molecule has 0 bridgehead atoms. The number of halogens is 1. The highest BCUT2D eigenvalue weighted by Crippen LogP contribution is 2.31. The van der Waals surface area contributed by atoms with Crippen molar-refractivity contribution in [3.63, 3.8) is 0 Å². The number of ether oxygens (including phenoxy) is 1. The highest BCUT2D eigenvalue weighted by molar-refractivity contribution is 7.92. The van der Waals surface area contributed by atoms with E-state index in [1.165, 1.54) is 61.7 Å². The van der Waals surface area contributed by atoms with Gasteiger partial charge in [0.1, 0.15) is 11.6 Å². The number of carbonyl (C=O) groups is 1. The van der Waals surface area contributed by atoms with Gasteiger partial charge in [-0.3, -0.25) is 19.6 Å². The molecule has 2 N–H and O–H groups in total.